The van der Waals surface area contributed by atoms with E-state index in [4.69, 9.17) is 0 Å². The summed E-state index contributed by atoms with van der Waals surface area (Å²) in [5, 5.41) is 3.52. The summed E-state index contributed by atoms with van der Waals surface area (Å²) < 4.78 is 0.886. The molecule has 0 saturated carbocycles. The van der Waals surface area contributed by atoms with Crippen LogP contribution in [0.1, 0.15) is 12.8 Å². The third-order valence-electron chi connectivity index (χ3n) is 2.82. The van der Waals surface area contributed by atoms with E-state index in [1.165, 1.54) is 25.9 Å². The Morgan fingerprint density at radius 3 is 2.73 bits per heavy atom. The van der Waals surface area contributed by atoms with Crippen LogP contribution in [0.15, 0.2) is 22.9 Å². The number of nitrogens with one attached hydrogen (secondary N) is 1. The zero-order valence-electron chi connectivity index (χ0n) is 8.91. The summed E-state index contributed by atoms with van der Waals surface area (Å²) in [7, 11) is 2.18. The molecule has 0 amide bonds. The molecule has 0 aromatic carbocycles. The fourth-order valence-electron chi connectivity index (χ4n) is 1.85. The molecular formula is C11H16BrN3. The molecule has 0 radical (unpaired) electrons. The highest BCUT2D eigenvalue weighted by atomic mass is 79.9. The highest BCUT2D eigenvalue weighted by Gasteiger charge is 2.15. The first-order valence-electron chi connectivity index (χ1n) is 5.30. The third kappa shape index (κ3) is 3.18. The van der Waals surface area contributed by atoms with Crippen molar-refractivity contribution in [2.45, 2.75) is 18.9 Å². The van der Waals surface area contributed by atoms with Gasteiger partial charge in [-0.3, -0.25) is 0 Å². The number of likely N-dealkylation sites (tertiary alicyclic amines) is 1. The quantitative estimate of drug-likeness (QED) is 0.836. The molecule has 82 valence electrons. The largest absolute Gasteiger partial charge is 0.381 e. The van der Waals surface area contributed by atoms with E-state index in [1.807, 2.05) is 12.3 Å². The molecule has 1 saturated heterocycles. The van der Waals surface area contributed by atoms with Crippen molar-refractivity contribution < 1.29 is 0 Å². The van der Waals surface area contributed by atoms with Crippen LogP contribution in [0.4, 0.5) is 5.69 Å². The minimum atomic E-state index is 0.601. The van der Waals surface area contributed by atoms with Crippen LogP contribution in [0.3, 0.4) is 0 Å². The highest BCUT2D eigenvalue weighted by molar-refractivity contribution is 9.10. The van der Waals surface area contributed by atoms with Gasteiger partial charge in [-0.2, -0.15) is 0 Å². The van der Waals surface area contributed by atoms with Crippen LogP contribution in [-0.2, 0) is 0 Å². The van der Waals surface area contributed by atoms with E-state index in [9.17, 15) is 0 Å². The molecule has 0 atom stereocenters. The van der Waals surface area contributed by atoms with Gasteiger partial charge in [0.25, 0.3) is 0 Å². The molecule has 0 aliphatic carbocycles. The zero-order valence-corrected chi connectivity index (χ0v) is 10.5. The molecule has 1 aliphatic rings. The summed E-state index contributed by atoms with van der Waals surface area (Å²) in [4.78, 5) is 6.58. The lowest BCUT2D eigenvalue weighted by Gasteiger charge is -2.30. The summed E-state index contributed by atoms with van der Waals surface area (Å²) in [6, 6.07) is 4.64. The van der Waals surface area contributed by atoms with E-state index < -0.39 is 0 Å². The van der Waals surface area contributed by atoms with Crippen LogP contribution in [0.5, 0.6) is 0 Å². The minimum Gasteiger partial charge on any atom is -0.381 e. The average Bonchev–Trinajstić information content (AvgIpc) is 2.25. The van der Waals surface area contributed by atoms with Gasteiger partial charge in [-0.05, 0) is 61.0 Å². The minimum absolute atomic E-state index is 0.601. The monoisotopic (exact) mass is 269 g/mol. The lowest BCUT2D eigenvalue weighted by molar-refractivity contribution is 0.264. The van der Waals surface area contributed by atoms with Crippen molar-refractivity contribution in [1.82, 2.24) is 9.88 Å². The first-order chi connectivity index (χ1) is 7.24. The van der Waals surface area contributed by atoms with Crippen molar-refractivity contribution in [3.05, 3.63) is 22.9 Å². The molecule has 1 aliphatic heterocycles. The number of piperidine rings is 1. The lowest BCUT2D eigenvalue weighted by atomic mass is 10.1. The van der Waals surface area contributed by atoms with Gasteiger partial charge < -0.3 is 10.2 Å². The number of pyridine rings is 1. The number of hydrogen-bond acceptors (Lipinski definition) is 3. The smallest absolute Gasteiger partial charge is 0.106 e. The first kappa shape index (κ1) is 10.9. The SMILES string of the molecule is CN1CCC(Nc2ccc(Br)nc2)CC1. The molecule has 0 bridgehead atoms. The Morgan fingerprint density at radius 1 is 1.40 bits per heavy atom. The standard InChI is InChI=1S/C11H16BrN3/c1-15-6-4-9(5-7-15)14-10-2-3-11(12)13-8-10/h2-3,8-9,14H,4-7H2,1H3. The Kier molecular flexibility index (Phi) is 3.59. The van der Waals surface area contributed by atoms with E-state index in [2.05, 4.69) is 44.2 Å². The molecule has 4 heteroatoms. The van der Waals surface area contributed by atoms with Gasteiger partial charge in [-0.15, -0.1) is 0 Å². The predicted molar refractivity (Wildman–Crippen MR) is 66.1 cm³/mol. The summed E-state index contributed by atoms with van der Waals surface area (Å²) in [5.41, 5.74) is 1.12. The number of halogens is 1. The highest BCUT2D eigenvalue weighted by Crippen LogP contribution is 2.16. The van der Waals surface area contributed by atoms with Crippen molar-refractivity contribution in [3.8, 4) is 0 Å². The Balaban J connectivity index is 1.89. The molecule has 2 heterocycles. The summed E-state index contributed by atoms with van der Waals surface area (Å²) in [6.07, 6.45) is 4.31. The van der Waals surface area contributed by atoms with Gasteiger partial charge in [-0.1, -0.05) is 0 Å². The van der Waals surface area contributed by atoms with Crippen LogP contribution >= 0.6 is 15.9 Å². The fourth-order valence-corrected chi connectivity index (χ4v) is 2.08. The van der Waals surface area contributed by atoms with Crippen molar-refractivity contribution >= 4 is 21.6 Å². The van der Waals surface area contributed by atoms with E-state index in [-0.39, 0.29) is 0 Å². The molecule has 1 aromatic rings. The Labute approximate surface area is 99.0 Å². The second-order valence-electron chi connectivity index (χ2n) is 4.09. The van der Waals surface area contributed by atoms with Gasteiger partial charge in [0, 0.05) is 6.04 Å². The van der Waals surface area contributed by atoms with Gasteiger partial charge in [0.15, 0.2) is 0 Å². The number of hydrogen-bond donors (Lipinski definition) is 1. The maximum Gasteiger partial charge on any atom is 0.106 e. The molecule has 2 rings (SSSR count). The van der Waals surface area contributed by atoms with Gasteiger partial charge in [0.1, 0.15) is 4.60 Å². The van der Waals surface area contributed by atoms with Crippen molar-refractivity contribution in [1.29, 1.82) is 0 Å². The van der Waals surface area contributed by atoms with Crippen LogP contribution in [-0.4, -0.2) is 36.1 Å². The van der Waals surface area contributed by atoms with Crippen molar-refractivity contribution in [2.75, 3.05) is 25.5 Å². The Morgan fingerprint density at radius 2 is 2.13 bits per heavy atom. The number of anilines is 1. The van der Waals surface area contributed by atoms with Crippen LogP contribution in [0.25, 0.3) is 0 Å². The lowest BCUT2D eigenvalue weighted by Crippen LogP contribution is -2.36. The maximum atomic E-state index is 4.20. The normalized spacial score (nSPS) is 19.1. The van der Waals surface area contributed by atoms with Crippen LogP contribution in [0, 0.1) is 0 Å². The van der Waals surface area contributed by atoms with E-state index in [0.717, 1.165) is 10.3 Å². The summed E-state index contributed by atoms with van der Waals surface area (Å²) in [5.74, 6) is 0. The molecule has 3 nitrogen and oxygen atoms in total. The van der Waals surface area contributed by atoms with Crippen LogP contribution < -0.4 is 5.32 Å². The second kappa shape index (κ2) is 4.94. The predicted octanol–water partition coefficient (Wildman–Crippen LogP) is 2.35. The number of aromatic nitrogens is 1. The molecule has 1 aromatic heterocycles. The molecule has 0 spiro atoms. The van der Waals surface area contributed by atoms with Gasteiger partial charge in [0.05, 0.1) is 11.9 Å². The van der Waals surface area contributed by atoms with Crippen LogP contribution in [0.2, 0.25) is 0 Å². The molecule has 1 N–H and O–H groups in total. The average molecular weight is 270 g/mol. The van der Waals surface area contributed by atoms with Gasteiger partial charge in [0.2, 0.25) is 0 Å². The fraction of sp³-hybridized carbons (Fsp3) is 0.545. The van der Waals surface area contributed by atoms with Crippen molar-refractivity contribution in [2.24, 2.45) is 0 Å². The maximum absolute atomic E-state index is 4.20. The Hall–Kier alpha value is -0.610. The zero-order chi connectivity index (χ0) is 10.7. The first-order valence-corrected chi connectivity index (χ1v) is 6.10. The molecular weight excluding hydrogens is 254 g/mol. The second-order valence-corrected chi connectivity index (χ2v) is 4.90. The molecule has 0 unspecified atom stereocenters. The number of nitrogens with zero attached hydrogens (tertiary/aromatic N) is 2. The van der Waals surface area contributed by atoms with Gasteiger partial charge >= 0.3 is 0 Å². The third-order valence-corrected chi connectivity index (χ3v) is 3.29. The Bertz CT molecular complexity index is 304. The summed E-state index contributed by atoms with van der Waals surface area (Å²) >= 11 is 3.33. The van der Waals surface area contributed by atoms with E-state index in [0.29, 0.717) is 6.04 Å². The summed E-state index contributed by atoms with van der Waals surface area (Å²) in [6.45, 7) is 2.36. The van der Waals surface area contributed by atoms with Crippen molar-refractivity contribution in [3.63, 3.8) is 0 Å². The topological polar surface area (TPSA) is 28.2 Å². The van der Waals surface area contributed by atoms with E-state index >= 15 is 0 Å². The number of rotatable bonds is 2. The molecule has 1 fully saturated rings. The van der Waals surface area contributed by atoms with E-state index in [1.54, 1.807) is 0 Å². The van der Waals surface area contributed by atoms with Gasteiger partial charge in [-0.25, -0.2) is 4.98 Å². The molecule has 15 heavy (non-hydrogen) atoms.